The van der Waals surface area contributed by atoms with Crippen LogP contribution in [0.1, 0.15) is 26.2 Å². The van der Waals surface area contributed by atoms with Crippen molar-refractivity contribution >= 4 is 21.3 Å². The highest BCUT2D eigenvalue weighted by molar-refractivity contribution is 7.91. The normalized spacial score (nSPS) is 11.4. The lowest BCUT2D eigenvalue weighted by Gasteiger charge is -2.05. The van der Waals surface area contributed by atoms with E-state index in [1.165, 1.54) is 0 Å². The van der Waals surface area contributed by atoms with Crippen LogP contribution < -0.4 is 5.73 Å². The summed E-state index contributed by atoms with van der Waals surface area (Å²) >= 11 is 0. The minimum atomic E-state index is -3.69. The summed E-state index contributed by atoms with van der Waals surface area (Å²) in [6.07, 6.45) is 2.98. The van der Waals surface area contributed by atoms with Gasteiger partial charge in [-0.25, -0.2) is 13.4 Å². The molecule has 0 fully saturated rings. The average Bonchev–Trinajstić information content (AvgIpc) is 2.28. The number of nitro groups is 1. The second kappa shape index (κ2) is 5.76. The molecule has 0 amide bonds. The van der Waals surface area contributed by atoms with E-state index in [9.17, 15) is 18.5 Å². The highest BCUT2D eigenvalue weighted by Crippen LogP contribution is 2.25. The fourth-order valence-corrected chi connectivity index (χ4v) is 3.03. The molecule has 1 aromatic heterocycles. The molecule has 2 N–H and O–H groups in total. The third kappa shape index (κ3) is 3.39. The van der Waals surface area contributed by atoms with E-state index < -0.39 is 20.4 Å². The number of aromatic nitrogens is 1. The molecule has 8 heteroatoms. The molecule has 0 aliphatic carbocycles. The Morgan fingerprint density at radius 2 is 2.11 bits per heavy atom. The van der Waals surface area contributed by atoms with Crippen molar-refractivity contribution in [1.29, 1.82) is 0 Å². The van der Waals surface area contributed by atoms with Crippen LogP contribution in [0.15, 0.2) is 17.2 Å². The van der Waals surface area contributed by atoms with Gasteiger partial charge in [0.1, 0.15) is 16.9 Å². The number of pyridine rings is 1. The van der Waals surface area contributed by atoms with E-state index in [0.29, 0.717) is 6.42 Å². The molecule has 0 spiro atoms. The highest BCUT2D eigenvalue weighted by Gasteiger charge is 2.26. The van der Waals surface area contributed by atoms with Crippen LogP contribution in [-0.2, 0) is 9.84 Å². The highest BCUT2D eigenvalue weighted by atomic mass is 32.2. The molecule has 0 atom stereocenters. The molecule has 0 saturated carbocycles. The van der Waals surface area contributed by atoms with E-state index in [4.69, 9.17) is 5.73 Å². The summed E-state index contributed by atoms with van der Waals surface area (Å²) in [5, 5.41) is 10.8. The maximum Gasteiger partial charge on any atom is 0.306 e. The van der Waals surface area contributed by atoms with Crippen molar-refractivity contribution < 1.29 is 13.3 Å². The van der Waals surface area contributed by atoms with Crippen LogP contribution in [0.2, 0.25) is 0 Å². The first kappa shape index (κ1) is 14.4. The summed E-state index contributed by atoms with van der Waals surface area (Å²) in [6.45, 7) is 1.94. The first-order chi connectivity index (χ1) is 8.38. The maximum absolute atomic E-state index is 12.0. The van der Waals surface area contributed by atoms with Gasteiger partial charge in [-0.05, 0) is 6.42 Å². The van der Waals surface area contributed by atoms with Gasteiger partial charge in [0.25, 0.3) is 0 Å². The van der Waals surface area contributed by atoms with Gasteiger partial charge in [-0.2, -0.15) is 0 Å². The van der Waals surface area contributed by atoms with E-state index in [1.807, 2.05) is 6.92 Å². The Balaban J connectivity index is 3.14. The lowest BCUT2D eigenvalue weighted by molar-refractivity contribution is -0.388. The molecule has 0 radical (unpaired) electrons. The lowest BCUT2D eigenvalue weighted by atomic mass is 10.3. The van der Waals surface area contributed by atoms with E-state index >= 15 is 0 Å². The minimum absolute atomic E-state index is 0.0466. The van der Waals surface area contributed by atoms with Crippen molar-refractivity contribution in [2.75, 3.05) is 11.5 Å². The zero-order valence-electron chi connectivity index (χ0n) is 10.00. The molecular formula is C10H15N3O4S. The van der Waals surface area contributed by atoms with Gasteiger partial charge >= 0.3 is 5.69 Å². The zero-order chi connectivity index (χ0) is 13.8. The van der Waals surface area contributed by atoms with Crippen LogP contribution in [0.5, 0.6) is 0 Å². The van der Waals surface area contributed by atoms with Crippen molar-refractivity contribution in [3.8, 4) is 0 Å². The van der Waals surface area contributed by atoms with Gasteiger partial charge in [0.15, 0.2) is 9.84 Å². The first-order valence-electron chi connectivity index (χ1n) is 5.51. The molecular weight excluding hydrogens is 258 g/mol. The summed E-state index contributed by atoms with van der Waals surface area (Å²) < 4.78 is 24.0. The molecule has 0 aliphatic rings. The van der Waals surface area contributed by atoms with Gasteiger partial charge in [0, 0.05) is 6.07 Å². The standard InChI is InChI=1S/C10H15N3O4S/c1-2-3-4-5-18(16,17)9-6-10(11)12-7-8(9)13(14)15/h6-7H,2-5H2,1H3,(H2,11,12). The van der Waals surface area contributed by atoms with Gasteiger partial charge in [-0.1, -0.05) is 19.8 Å². The van der Waals surface area contributed by atoms with Crippen LogP contribution in [0, 0.1) is 10.1 Å². The number of anilines is 1. The SMILES string of the molecule is CCCCCS(=O)(=O)c1cc(N)ncc1[N+](=O)[O-]. The van der Waals surface area contributed by atoms with Crippen molar-refractivity contribution in [3.05, 3.63) is 22.4 Å². The number of nitrogens with two attached hydrogens (primary N) is 1. The fraction of sp³-hybridized carbons (Fsp3) is 0.500. The van der Waals surface area contributed by atoms with Crippen LogP contribution in [0.3, 0.4) is 0 Å². The molecule has 100 valence electrons. The molecule has 0 bridgehead atoms. The fourth-order valence-electron chi connectivity index (χ4n) is 1.48. The number of rotatable bonds is 6. The Bertz CT molecular complexity index is 542. The number of nitrogen functional groups attached to an aromatic ring is 1. The van der Waals surface area contributed by atoms with Crippen molar-refractivity contribution in [1.82, 2.24) is 4.98 Å². The van der Waals surface area contributed by atoms with Crippen molar-refractivity contribution in [2.45, 2.75) is 31.1 Å². The molecule has 0 unspecified atom stereocenters. The number of nitrogens with zero attached hydrogens (tertiary/aromatic N) is 2. The van der Waals surface area contributed by atoms with E-state index in [0.717, 1.165) is 25.1 Å². The second-order valence-electron chi connectivity index (χ2n) is 3.86. The second-order valence-corrected chi connectivity index (χ2v) is 5.94. The number of sulfone groups is 1. The van der Waals surface area contributed by atoms with Gasteiger partial charge < -0.3 is 5.73 Å². The molecule has 18 heavy (non-hydrogen) atoms. The van der Waals surface area contributed by atoms with Crippen LogP contribution in [0.4, 0.5) is 11.5 Å². The van der Waals surface area contributed by atoms with Gasteiger partial charge in [0.05, 0.1) is 10.7 Å². The Morgan fingerprint density at radius 1 is 1.44 bits per heavy atom. The summed E-state index contributed by atoms with van der Waals surface area (Å²) in [5.41, 5.74) is 4.85. The molecule has 0 aliphatic heterocycles. The predicted molar refractivity (Wildman–Crippen MR) is 66.9 cm³/mol. The Hall–Kier alpha value is -1.70. The topological polar surface area (TPSA) is 116 Å². The van der Waals surface area contributed by atoms with Crippen molar-refractivity contribution in [2.24, 2.45) is 0 Å². The van der Waals surface area contributed by atoms with Crippen LogP contribution in [0.25, 0.3) is 0 Å². The number of unbranched alkanes of at least 4 members (excludes halogenated alkanes) is 2. The quantitative estimate of drug-likeness (QED) is 0.477. The smallest absolute Gasteiger partial charge is 0.306 e. The summed E-state index contributed by atoms with van der Waals surface area (Å²) in [4.78, 5) is 13.2. The third-order valence-corrected chi connectivity index (χ3v) is 4.24. The summed E-state index contributed by atoms with van der Waals surface area (Å²) in [5.74, 6) is -0.167. The molecule has 0 saturated heterocycles. The monoisotopic (exact) mass is 273 g/mol. The molecule has 0 aromatic carbocycles. The number of hydrogen-bond acceptors (Lipinski definition) is 6. The zero-order valence-corrected chi connectivity index (χ0v) is 10.8. The van der Waals surface area contributed by atoms with Crippen molar-refractivity contribution in [3.63, 3.8) is 0 Å². The summed E-state index contributed by atoms with van der Waals surface area (Å²) in [7, 11) is -3.69. The van der Waals surface area contributed by atoms with Gasteiger partial charge in [-0.3, -0.25) is 10.1 Å². The minimum Gasteiger partial charge on any atom is -0.384 e. The first-order valence-corrected chi connectivity index (χ1v) is 7.16. The largest absolute Gasteiger partial charge is 0.384 e. The molecule has 7 nitrogen and oxygen atoms in total. The molecule has 1 heterocycles. The Kier molecular flexibility index (Phi) is 4.60. The third-order valence-electron chi connectivity index (χ3n) is 2.42. The Labute approximate surface area is 105 Å². The maximum atomic E-state index is 12.0. The Morgan fingerprint density at radius 3 is 2.67 bits per heavy atom. The van der Waals surface area contributed by atoms with Gasteiger partial charge in [0.2, 0.25) is 0 Å². The lowest BCUT2D eigenvalue weighted by Crippen LogP contribution is -2.10. The average molecular weight is 273 g/mol. The molecule has 1 rings (SSSR count). The van der Waals surface area contributed by atoms with E-state index in [-0.39, 0.29) is 16.5 Å². The predicted octanol–water partition coefficient (Wildman–Crippen LogP) is 1.54. The summed E-state index contributed by atoms with van der Waals surface area (Å²) in [6, 6.07) is 1.04. The van der Waals surface area contributed by atoms with Crippen LogP contribution in [-0.4, -0.2) is 24.1 Å². The van der Waals surface area contributed by atoms with E-state index in [2.05, 4.69) is 4.98 Å². The number of hydrogen-bond donors (Lipinski definition) is 1. The molecule has 1 aromatic rings. The van der Waals surface area contributed by atoms with E-state index in [1.54, 1.807) is 0 Å². The van der Waals surface area contributed by atoms with Gasteiger partial charge in [-0.15, -0.1) is 0 Å². The van der Waals surface area contributed by atoms with Crippen LogP contribution >= 0.6 is 0 Å².